The van der Waals surface area contributed by atoms with Crippen LogP contribution in [0.15, 0.2) is 38.6 Å². The third-order valence-corrected chi connectivity index (χ3v) is 5.24. The summed E-state index contributed by atoms with van der Waals surface area (Å²) in [6.07, 6.45) is 1.08. The molecule has 4 rings (SSSR count). The molecular formula is C15H12BrN3OS. The van der Waals surface area contributed by atoms with Gasteiger partial charge < -0.3 is 9.84 Å². The van der Waals surface area contributed by atoms with Crippen molar-refractivity contribution in [3.8, 4) is 22.2 Å². The van der Waals surface area contributed by atoms with Crippen LogP contribution in [0, 0.1) is 0 Å². The topological polar surface area (TPSA) is 51.0 Å². The molecule has 3 heterocycles. The summed E-state index contributed by atoms with van der Waals surface area (Å²) in [6, 6.07) is 8.36. The van der Waals surface area contributed by atoms with Crippen molar-refractivity contribution in [2.24, 2.45) is 0 Å². The second-order valence-electron chi connectivity index (χ2n) is 4.96. The number of halogens is 1. The van der Waals surface area contributed by atoms with Gasteiger partial charge in [-0.05, 0) is 58.2 Å². The summed E-state index contributed by atoms with van der Waals surface area (Å²) in [5.74, 6) is 1.21. The molecule has 1 aromatic carbocycles. The van der Waals surface area contributed by atoms with Crippen molar-refractivity contribution in [1.82, 2.24) is 15.5 Å². The van der Waals surface area contributed by atoms with Crippen molar-refractivity contribution in [3.63, 3.8) is 0 Å². The molecule has 0 spiro atoms. The summed E-state index contributed by atoms with van der Waals surface area (Å²) in [5.41, 5.74) is 3.70. The molecule has 0 saturated heterocycles. The van der Waals surface area contributed by atoms with Crippen LogP contribution in [0.25, 0.3) is 22.2 Å². The maximum Gasteiger partial charge on any atom is 0.258 e. The summed E-state index contributed by atoms with van der Waals surface area (Å²) >= 11 is 5.03. The normalized spacial score (nSPS) is 14.1. The van der Waals surface area contributed by atoms with Crippen molar-refractivity contribution < 1.29 is 4.52 Å². The lowest BCUT2D eigenvalue weighted by Crippen LogP contribution is -2.23. The smallest absolute Gasteiger partial charge is 0.258 e. The molecule has 0 bridgehead atoms. The van der Waals surface area contributed by atoms with E-state index in [1.807, 2.05) is 11.4 Å². The summed E-state index contributed by atoms with van der Waals surface area (Å²) < 4.78 is 6.45. The van der Waals surface area contributed by atoms with E-state index in [0.717, 1.165) is 34.4 Å². The first-order valence-electron chi connectivity index (χ1n) is 6.70. The van der Waals surface area contributed by atoms with Crippen molar-refractivity contribution in [3.05, 3.63) is 45.2 Å². The Bertz CT molecular complexity index is 796. The third-order valence-electron chi connectivity index (χ3n) is 3.55. The number of benzene rings is 1. The number of fused-ring (bicyclic) bond motifs is 1. The second-order valence-corrected chi connectivity index (χ2v) is 6.79. The average molecular weight is 362 g/mol. The van der Waals surface area contributed by atoms with E-state index in [4.69, 9.17) is 4.52 Å². The zero-order valence-corrected chi connectivity index (χ0v) is 13.5. The highest BCUT2D eigenvalue weighted by Crippen LogP contribution is 2.30. The van der Waals surface area contributed by atoms with Crippen LogP contribution < -0.4 is 5.32 Å². The van der Waals surface area contributed by atoms with Gasteiger partial charge >= 0.3 is 0 Å². The van der Waals surface area contributed by atoms with E-state index < -0.39 is 0 Å². The molecule has 0 amide bonds. The van der Waals surface area contributed by atoms with E-state index in [1.54, 1.807) is 11.3 Å². The first-order chi connectivity index (χ1) is 10.3. The fourth-order valence-electron chi connectivity index (χ4n) is 2.48. The summed E-state index contributed by atoms with van der Waals surface area (Å²) in [4.78, 5) is 5.50. The number of hydrogen-bond acceptors (Lipinski definition) is 5. The Labute approximate surface area is 134 Å². The Morgan fingerprint density at radius 1 is 1.24 bits per heavy atom. The fourth-order valence-corrected chi connectivity index (χ4v) is 3.84. The lowest BCUT2D eigenvalue weighted by molar-refractivity contribution is 0.432. The summed E-state index contributed by atoms with van der Waals surface area (Å²) in [6.45, 7) is 1.95. The fraction of sp³-hybridized carbons (Fsp3) is 0.200. The number of nitrogens with one attached hydrogen (secondary N) is 1. The van der Waals surface area contributed by atoms with Crippen LogP contribution in [-0.2, 0) is 13.0 Å². The molecule has 1 aliphatic rings. The maximum absolute atomic E-state index is 5.42. The minimum atomic E-state index is 0.572. The lowest BCUT2D eigenvalue weighted by atomic mass is 9.98. The number of rotatable bonds is 2. The van der Waals surface area contributed by atoms with Gasteiger partial charge in [-0.1, -0.05) is 11.2 Å². The van der Waals surface area contributed by atoms with Gasteiger partial charge in [0.25, 0.3) is 5.89 Å². The maximum atomic E-state index is 5.42. The summed E-state index contributed by atoms with van der Waals surface area (Å²) in [5, 5.41) is 9.47. The average Bonchev–Trinajstić information content (AvgIpc) is 3.15. The van der Waals surface area contributed by atoms with E-state index >= 15 is 0 Å². The number of hydrogen-bond donors (Lipinski definition) is 1. The number of thiophene rings is 1. The number of nitrogens with zero attached hydrogens (tertiary/aromatic N) is 2. The van der Waals surface area contributed by atoms with Crippen molar-refractivity contribution in [1.29, 1.82) is 0 Å². The molecule has 3 aromatic rings. The minimum absolute atomic E-state index is 0.572. The van der Waals surface area contributed by atoms with Crippen molar-refractivity contribution in [2.75, 3.05) is 6.54 Å². The van der Waals surface area contributed by atoms with Crippen molar-refractivity contribution in [2.45, 2.75) is 13.0 Å². The van der Waals surface area contributed by atoms with Crippen LogP contribution in [0.5, 0.6) is 0 Å². The molecule has 4 nitrogen and oxygen atoms in total. The van der Waals surface area contributed by atoms with Gasteiger partial charge in [0.1, 0.15) is 0 Å². The van der Waals surface area contributed by atoms with Gasteiger partial charge in [-0.2, -0.15) is 4.98 Å². The monoisotopic (exact) mass is 361 g/mol. The molecule has 0 fully saturated rings. The molecular weight excluding hydrogens is 350 g/mol. The van der Waals surface area contributed by atoms with Gasteiger partial charge in [0.05, 0.1) is 4.88 Å². The highest BCUT2D eigenvalue weighted by molar-refractivity contribution is 9.10. The summed E-state index contributed by atoms with van der Waals surface area (Å²) in [7, 11) is 0. The first-order valence-corrected chi connectivity index (χ1v) is 8.38. The second kappa shape index (κ2) is 5.36. The highest BCUT2D eigenvalue weighted by Gasteiger charge is 2.15. The predicted molar refractivity (Wildman–Crippen MR) is 86.2 cm³/mol. The molecule has 106 valence electrons. The van der Waals surface area contributed by atoms with Gasteiger partial charge in [0.2, 0.25) is 5.82 Å². The van der Waals surface area contributed by atoms with Crippen LogP contribution >= 0.6 is 27.3 Å². The molecule has 21 heavy (non-hydrogen) atoms. The molecule has 0 atom stereocenters. The Kier molecular flexibility index (Phi) is 3.37. The molecule has 0 radical (unpaired) electrons. The van der Waals surface area contributed by atoms with E-state index in [9.17, 15) is 0 Å². The largest absolute Gasteiger partial charge is 0.334 e. The van der Waals surface area contributed by atoms with Crippen LogP contribution in [-0.4, -0.2) is 16.7 Å². The van der Waals surface area contributed by atoms with E-state index in [2.05, 4.69) is 49.6 Å². The molecule has 0 unspecified atom stereocenters. The molecule has 2 aromatic heterocycles. The Morgan fingerprint density at radius 3 is 3.05 bits per heavy atom. The Hall–Kier alpha value is -1.50. The van der Waals surface area contributed by atoms with E-state index in [-0.39, 0.29) is 0 Å². The van der Waals surface area contributed by atoms with Crippen LogP contribution in [0.2, 0.25) is 0 Å². The standard InChI is InChI=1S/C15H12BrN3OS/c16-12-6-13(21-8-12)14-18-15(20-19-14)10-2-1-9-3-4-17-7-11(9)5-10/h1-2,5-6,8,17H,3-4,7H2. The van der Waals surface area contributed by atoms with E-state index in [0.29, 0.717) is 11.7 Å². The van der Waals surface area contributed by atoms with Gasteiger partial charge in [-0.3, -0.25) is 0 Å². The van der Waals surface area contributed by atoms with Gasteiger partial charge in [-0.15, -0.1) is 11.3 Å². The molecule has 0 saturated carbocycles. The predicted octanol–water partition coefficient (Wildman–Crippen LogP) is 3.87. The zero-order chi connectivity index (χ0) is 14.2. The molecule has 1 aliphatic heterocycles. The van der Waals surface area contributed by atoms with Crippen molar-refractivity contribution >= 4 is 27.3 Å². The lowest BCUT2D eigenvalue weighted by Gasteiger charge is -2.16. The van der Waals surface area contributed by atoms with Gasteiger partial charge in [0, 0.05) is 22.0 Å². The van der Waals surface area contributed by atoms with Gasteiger partial charge in [0.15, 0.2) is 0 Å². The minimum Gasteiger partial charge on any atom is -0.334 e. The highest BCUT2D eigenvalue weighted by atomic mass is 79.9. The van der Waals surface area contributed by atoms with E-state index in [1.165, 1.54) is 11.1 Å². The van der Waals surface area contributed by atoms with Gasteiger partial charge in [-0.25, -0.2) is 0 Å². The SMILES string of the molecule is Brc1csc(-c2noc(-c3ccc4c(c3)CNCC4)n2)c1. The van der Waals surface area contributed by atoms with Crippen LogP contribution in [0.3, 0.4) is 0 Å². The zero-order valence-electron chi connectivity index (χ0n) is 11.1. The molecule has 0 aliphatic carbocycles. The quantitative estimate of drug-likeness (QED) is 0.752. The third kappa shape index (κ3) is 2.54. The van der Waals surface area contributed by atoms with Crippen LogP contribution in [0.4, 0.5) is 0 Å². The van der Waals surface area contributed by atoms with Crippen LogP contribution in [0.1, 0.15) is 11.1 Å². The first kappa shape index (κ1) is 13.2. The number of aromatic nitrogens is 2. The Balaban J connectivity index is 1.69. The molecule has 1 N–H and O–H groups in total. The molecule has 6 heteroatoms. The Morgan fingerprint density at radius 2 is 2.19 bits per heavy atom.